The Morgan fingerprint density at radius 1 is 0.657 bits per heavy atom. The van der Waals surface area contributed by atoms with Crippen molar-refractivity contribution in [2.45, 2.75) is 154 Å². The van der Waals surface area contributed by atoms with E-state index in [0.29, 0.717) is 17.5 Å². The molecule has 0 saturated heterocycles. The average molecular weight is 517 g/mol. The summed E-state index contributed by atoms with van der Waals surface area (Å²) >= 11 is 0. The summed E-state index contributed by atoms with van der Waals surface area (Å²) in [5, 5.41) is 0. The lowest BCUT2D eigenvalue weighted by atomic mass is 10.0. The van der Waals surface area contributed by atoms with Crippen LogP contribution >= 0.6 is 7.60 Å². The minimum atomic E-state index is -3.56. The third-order valence-electron chi connectivity index (χ3n) is 7.07. The molecule has 2 unspecified atom stereocenters. The van der Waals surface area contributed by atoms with Crippen molar-refractivity contribution in [3.8, 4) is 0 Å². The van der Waals surface area contributed by atoms with E-state index in [0.717, 1.165) is 12.8 Å². The molecule has 0 heterocycles. The summed E-state index contributed by atoms with van der Waals surface area (Å²) in [5.41, 5.74) is 0. The van der Waals surface area contributed by atoms with E-state index in [2.05, 4.69) is 19.1 Å². The second-order valence-electron chi connectivity index (χ2n) is 11.5. The van der Waals surface area contributed by atoms with Gasteiger partial charge in [-0.3, -0.25) is 4.57 Å². The van der Waals surface area contributed by atoms with Gasteiger partial charge in [-0.05, 0) is 32.1 Å². The van der Waals surface area contributed by atoms with E-state index in [9.17, 15) is 9.46 Å². The summed E-state index contributed by atoms with van der Waals surface area (Å²) in [5.74, 6) is -0.352. The molecule has 4 nitrogen and oxygen atoms in total. The summed E-state index contributed by atoms with van der Waals surface area (Å²) < 4.78 is 18.4. The van der Waals surface area contributed by atoms with E-state index in [4.69, 9.17) is 4.52 Å². The number of hydrogen-bond acceptors (Lipinski definition) is 2. The van der Waals surface area contributed by atoms with Gasteiger partial charge in [-0.25, -0.2) is 0 Å². The van der Waals surface area contributed by atoms with Gasteiger partial charge in [-0.15, -0.1) is 0 Å². The van der Waals surface area contributed by atoms with Crippen molar-refractivity contribution in [3.05, 3.63) is 12.2 Å². The highest BCUT2D eigenvalue weighted by molar-refractivity contribution is 7.53. The van der Waals surface area contributed by atoms with E-state index in [1.54, 1.807) is 0 Å². The Bertz CT molecular complexity index is 530. The van der Waals surface area contributed by atoms with Gasteiger partial charge in [0.2, 0.25) is 0 Å². The van der Waals surface area contributed by atoms with E-state index in [-0.39, 0.29) is 5.78 Å². The minimum Gasteiger partial charge on any atom is -0.320 e. The monoisotopic (exact) mass is 516 g/mol. The van der Waals surface area contributed by atoms with Gasteiger partial charge in [0.1, 0.15) is 0 Å². The van der Waals surface area contributed by atoms with Crippen molar-refractivity contribution in [2.24, 2.45) is 0 Å². The fraction of sp³-hybridized carbons (Fsp3) is 0.933. The van der Waals surface area contributed by atoms with E-state index in [1.165, 1.54) is 116 Å². The normalized spacial score (nSPS) is 15.0. The molecule has 0 rings (SSSR count). The second kappa shape index (κ2) is 23.0. The minimum absolute atomic E-state index is 0.352. The van der Waals surface area contributed by atoms with Crippen LogP contribution in [-0.4, -0.2) is 42.9 Å². The van der Waals surface area contributed by atoms with E-state index in [1.807, 2.05) is 28.1 Å². The summed E-state index contributed by atoms with van der Waals surface area (Å²) in [4.78, 5) is 10.3. The van der Waals surface area contributed by atoms with Crippen LogP contribution in [0.15, 0.2) is 12.2 Å². The Hall–Kier alpha value is -0.150. The summed E-state index contributed by atoms with van der Waals surface area (Å²) in [6.07, 6.45) is 31.8. The number of rotatable bonds is 26. The fourth-order valence-corrected chi connectivity index (χ4v) is 6.81. The summed E-state index contributed by atoms with van der Waals surface area (Å²) in [7, 11) is 2.30. The van der Waals surface area contributed by atoms with Crippen LogP contribution in [-0.2, 0) is 9.09 Å². The quantitative estimate of drug-likeness (QED) is 0.0538. The van der Waals surface area contributed by atoms with Gasteiger partial charge in [0.15, 0.2) is 5.78 Å². The molecule has 5 heteroatoms. The van der Waals surface area contributed by atoms with Crippen LogP contribution in [0.25, 0.3) is 0 Å². The maximum atomic E-state index is 12.5. The Balaban J connectivity index is 3.41. The van der Waals surface area contributed by atoms with Crippen molar-refractivity contribution >= 4 is 7.60 Å². The van der Waals surface area contributed by atoms with Crippen LogP contribution in [0.4, 0.5) is 0 Å². The van der Waals surface area contributed by atoms with Crippen LogP contribution < -0.4 is 0 Å². The van der Waals surface area contributed by atoms with Crippen LogP contribution in [0.2, 0.25) is 0 Å². The van der Waals surface area contributed by atoms with Crippen LogP contribution in [0.1, 0.15) is 149 Å². The average Bonchev–Trinajstić information content (AvgIpc) is 2.78. The first kappa shape index (κ1) is 34.9. The Morgan fingerprint density at radius 2 is 1.03 bits per heavy atom. The zero-order valence-electron chi connectivity index (χ0n) is 24.4. The molecule has 0 aliphatic heterocycles. The van der Waals surface area contributed by atoms with Crippen molar-refractivity contribution < 1.29 is 18.5 Å². The Labute approximate surface area is 220 Å². The Kier molecular flexibility index (Phi) is 22.9. The zero-order chi connectivity index (χ0) is 26.3. The fourth-order valence-electron chi connectivity index (χ4n) is 4.91. The molecule has 1 N–H and O–H groups in total. The molecule has 210 valence electrons. The Morgan fingerprint density at radius 3 is 1.40 bits per heavy atom. The molecule has 0 spiro atoms. The first-order valence-corrected chi connectivity index (χ1v) is 16.8. The molecule has 0 amide bonds. The molecule has 0 fully saturated rings. The molecule has 0 aromatic carbocycles. The standard InChI is InChI=1S/C30H62NO3P/c1-6-8-9-10-11-12-13-14-15-16-17-18-19-20-21-22-23-24-25-26-27-28-29-34-35(32,33)30(7-2)31(3,4)5/h20-21,30H,6-19,22-29H2,1-5H3/p+1. The van der Waals surface area contributed by atoms with Crippen molar-refractivity contribution in [1.82, 2.24) is 0 Å². The maximum Gasteiger partial charge on any atom is 0.385 e. The molecule has 0 aliphatic carbocycles. The predicted octanol–water partition coefficient (Wildman–Crippen LogP) is 10.0. The van der Waals surface area contributed by atoms with E-state index >= 15 is 0 Å². The number of allylic oxidation sites excluding steroid dienone is 2. The lowest BCUT2D eigenvalue weighted by Crippen LogP contribution is -2.44. The largest absolute Gasteiger partial charge is 0.385 e. The molecular weight excluding hydrogens is 453 g/mol. The number of hydrogen-bond donors (Lipinski definition) is 1. The molecule has 2 atom stereocenters. The van der Waals surface area contributed by atoms with Crippen molar-refractivity contribution in [1.29, 1.82) is 0 Å². The van der Waals surface area contributed by atoms with Gasteiger partial charge in [0.05, 0.1) is 27.7 Å². The van der Waals surface area contributed by atoms with Gasteiger partial charge in [0.25, 0.3) is 0 Å². The highest BCUT2D eigenvalue weighted by Crippen LogP contribution is 2.51. The van der Waals surface area contributed by atoms with Crippen molar-refractivity contribution in [3.63, 3.8) is 0 Å². The lowest BCUT2D eigenvalue weighted by Gasteiger charge is -2.35. The zero-order valence-corrected chi connectivity index (χ0v) is 25.3. The van der Waals surface area contributed by atoms with Crippen LogP contribution in [0, 0.1) is 0 Å². The van der Waals surface area contributed by atoms with Crippen LogP contribution in [0.5, 0.6) is 0 Å². The molecule has 0 aliphatic rings. The number of nitrogens with zero attached hydrogens (tertiary/aromatic N) is 1. The molecule has 0 aromatic rings. The smallest absolute Gasteiger partial charge is 0.320 e. The van der Waals surface area contributed by atoms with Crippen molar-refractivity contribution in [2.75, 3.05) is 27.7 Å². The van der Waals surface area contributed by atoms with E-state index < -0.39 is 7.60 Å². The highest BCUT2D eigenvalue weighted by Gasteiger charge is 2.41. The topological polar surface area (TPSA) is 46.5 Å². The third-order valence-corrected chi connectivity index (χ3v) is 9.43. The number of quaternary nitrogens is 1. The van der Waals surface area contributed by atoms with Gasteiger partial charge < -0.3 is 13.9 Å². The predicted molar refractivity (Wildman–Crippen MR) is 155 cm³/mol. The third kappa shape index (κ3) is 21.6. The molecule has 0 radical (unpaired) electrons. The summed E-state index contributed by atoms with van der Waals surface area (Å²) in [6.45, 7) is 4.64. The highest BCUT2D eigenvalue weighted by atomic mass is 31.2. The number of unbranched alkanes of at least 4 members (excludes halogenated alkanes) is 18. The molecular formula is C30H63NO3P+. The SMILES string of the molecule is CCCCCCCCCCCCCCC=CCCCCCCCCOP(=O)(O)C(CC)[N+](C)(C)C. The first-order valence-electron chi connectivity index (χ1n) is 15.2. The maximum absolute atomic E-state index is 12.5. The first-order chi connectivity index (χ1) is 16.8. The van der Waals surface area contributed by atoms with Gasteiger partial charge in [-0.1, -0.05) is 122 Å². The molecule has 0 bridgehead atoms. The lowest BCUT2D eigenvalue weighted by molar-refractivity contribution is -0.883. The van der Waals surface area contributed by atoms with Gasteiger partial charge >= 0.3 is 7.60 Å². The van der Waals surface area contributed by atoms with Crippen LogP contribution in [0.3, 0.4) is 0 Å². The molecule has 35 heavy (non-hydrogen) atoms. The van der Waals surface area contributed by atoms with Gasteiger partial charge in [0, 0.05) is 6.42 Å². The van der Waals surface area contributed by atoms with Gasteiger partial charge in [-0.2, -0.15) is 0 Å². The second-order valence-corrected chi connectivity index (χ2v) is 13.4. The summed E-state index contributed by atoms with van der Waals surface area (Å²) in [6, 6.07) is 0. The molecule has 0 saturated carbocycles. The molecule has 0 aromatic heterocycles.